The molecule has 0 fully saturated rings. The molecule has 1 aliphatic rings. The molecular formula is C18H30O2Si. The van der Waals surface area contributed by atoms with Gasteiger partial charge in [-0.3, -0.25) is 0 Å². The van der Waals surface area contributed by atoms with Gasteiger partial charge in [0.1, 0.15) is 0 Å². The number of hydrogen-bond donors (Lipinski definition) is 0. The second kappa shape index (κ2) is 6.86. The van der Waals surface area contributed by atoms with Gasteiger partial charge in [0.25, 0.3) is 0 Å². The molecule has 3 heteroatoms. The van der Waals surface area contributed by atoms with Gasteiger partial charge in [0.05, 0.1) is 18.3 Å². The van der Waals surface area contributed by atoms with Crippen molar-refractivity contribution in [1.82, 2.24) is 0 Å². The molecule has 0 radical (unpaired) electrons. The summed E-state index contributed by atoms with van der Waals surface area (Å²) in [6.45, 7) is 11.5. The van der Waals surface area contributed by atoms with E-state index in [0.29, 0.717) is 5.92 Å². The standard InChI is InChI=1S/C18H30O2Si/c1-14(2)18-9-8-17(20-21(3,4)5)12-16(18)7-6-15-10-11-19-13-15/h10-14,16,18H,6-9H2,1-5H3/t16-,18+/m0/s1. The van der Waals surface area contributed by atoms with Crippen molar-refractivity contribution in [1.29, 1.82) is 0 Å². The second-order valence-corrected chi connectivity index (χ2v) is 12.1. The Morgan fingerprint density at radius 3 is 2.67 bits per heavy atom. The normalized spacial score (nSPS) is 23.2. The minimum absolute atomic E-state index is 0.639. The van der Waals surface area contributed by atoms with E-state index in [1.807, 2.05) is 6.26 Å². The predicted molar refractivity (Wildman–Crippen MR) is 90.6 cm³/mol. The van der Waals surface area contributed by atoms with Gasteiger partial charge in [-0.15, -0.1) is 0 Å². The van der Waals surface area contributed by atoms with Crippen molar-refractivity contribution < 1.29 is 8.84 Å². The van der Waals surface area contributed by atoms with Crippen molar-refractivity contribution in [2.24, 2.45) is 17.8 Å². The lowest BCUT2D eigenvalue weighted by atomic mass is 9.74. The highest BCUT2D eigenvalue weighted by molar-refractivity contribution is 6.70. The number of hydrogen-bond acceptors (Lipinski definition) is 2. The maximum absolute atomic E-state index is 6.26. The highest BCUT2D eigenvalue weighted by atomic mass is 28.4. The Hall–Kier alpha value is -0.963. The van der Waals surface area contributed by atoms with Crippen LogP contribution < -0.4 is 0 Å². The van der Waals surface area contributed by atoms with Crippen LogP contribution in [0, 0.1) is 17.8 Å². The summed E-state index contributed by atoms with van der Waals surface area (Å²) in [6.07, 6.45) is 10.8. The topological polar surface area (TPSA) is 22.4 Å². The fourth-order valence-electron chi connectivity index (χ4n) is 3.34. The largest absolute Gasteiger partial charge is 0.548 e. The molecule has 1 aromatic rings. The first-order valence-corrected chi connectivity index (χ1v) is 11.7. The third-order valence-corrected chi connectivity index (χ3v) is 5.19. The minimum atomic E-state index is -1.48. The van der Waals surface area contributed by atoms with Crippen molar-refractivity contribution in [2.75, 3.05) is 0 Å². The lowest BCUT2D eigenvalue weighted by Crippen LogP contribution is -2.29. The van der Waals surface area contributed by atoms with Crippen LogP contribution in [-0.4, -0.2) is 8.32 Å². The van der Waals surface area contributed by atoms with Gasteiger partial charge in [-0.05, 0) is 74.4 Å². The van der Waals surface area contributed by atoms with Crippen LogP contribution in [-0.2, 0) is 10.8 Å². The summed E-state index contributed by atoms with van der Waals surface area (Å²) in [4.78, 5) is 0. The van der Waals surface area contributed by atoms with Crippen LogP contribution in [0.1, 0.15) is 38.7 Å². The molecule has 0 saturated carbocycles. The van der Waals surface area contributed by atoms with Crippen LogP contribution in [0.15, 0.2) is 34.8 Å². The van der Waals surface area contributed by atoms with E-state index in [-0.39, 0.29) is 0 Å². The van der Waals surface area contributed by atoms with Crippen molar-refractivity contribution in [3.63, 3.8) is 0 Å². The van der Waals surface area contributed by atoms with Gasteiger partial charge < -0.3 is 8.84 Å². The maximum Gasteiger partial charge on any atom is 0.241 e. The highest BCUT2D eigenvalue weighted by Gasteiger charge is 2.29. The molecule has 1 aromatic heterocycles. The van der Waals surface area contributed by atoms with Crippen LogP contribution in [0.4, 0.5) is 0 Å². The predicted octanol–water partition coefficient (Wildman–Crippen LogP) is 5.63. The van der Waals surface area contributed by atoms with Crippen LogP contribution in [0.2, 0.25) is 19.6 Å². The quantitative estimate of drug-likeness (QED) is 0.635. The molecule has 0 amide bonds. The summed E-state index contributed by atoms with van der Waals surface area (Å²) >= 11 is 0. The Morgan fingerprint density at radius 1 is 1.33 bits per heavy atom. The molecule has 0 unspecified atom stereocenters. The summed E-state index contributed by atoms with van der Waals surface area (Å²) in [5, 5.41) is 0. The average molecular weight is 307 g/mol. The zero-order valence-corrected chi connectivity index (χ0v) is 15.2. The van der Waals surface area contributed by atoms with E-state index in [9.17, 15) is 0 Å². The zero-order chi connectivity index (χ0) is 15.5. The lowest BCUT2D eigenvalue weighted by molar-refractivity contribution is 0.226. The van der Waals surface area contributed by atoms with E-state index >= 15 is 0 Å². The molecular weight excluding hydrogens is 276 g/mol. The molecule has 0 saturated heterocycles. The van der Waals surface area contributed by atoms with Gasteiger partial charge in [0.15, 0.2) is 0 Å². The molecule has 0 spiro atoms. The van der Waals surface area contributed by atoms with E-state index in [1.165, 1.54) is 24.2 Å². The van der Waals surface area contributed by atoms with Gasteiger partial charge in [0.2, 0.25) is 8.32 Å². The van der Waals surface area contributed by atoms with E-state index in [4.69, 9.17) is 8.84 Å². The molecule has 0 aliphatic heterocycles. The molecule has 118 valence electrons. The van der Waals surface area contributed by atoms with Crippen molar-refractivity contribution >= 4 is 8.32 Å². The van der Waals surface area contributed by atoms with Crippen molar-refractivity contribution in [3.8, 4) is 0 Å². The van der Waals surface area contributed by atoms with Gasteiger partial charge in [-0.1, -0.05) is 13.8 Å². The molecule has 2 nitrogen and oxygen atoms in total. The molecule has 1 heterocycles. The molecule has 0 N–H and O–H groups in total. The van der Waals surface area contributed by atoms with E-state index < -0.39 is 8.32 Å². The SMILES string of the molecule is CC(C)[C@H]1CCC(O[Si](C)(C)C)=C[C@@H]1CCc1ccoc1. The number of aryl methyl sites for hydroxylation is 1. The Morgan fingerprint density at radius 2 is 2.10 bits per heavy atom. The lowest BCUT2D eigenvalue weighted by Gasteiger charge is -2.35. The van der Waals surface area contributed by atoms with Crippen LogP contribution in [0.5, 0.6) is 0 Å². The maximum atomic E-state index is 6.26. The molecule has 0 aromatic carbocycles. The summed E-state index contributed by atoms with van der Waals surface area (Å²) in [5.74, 6) is 3.41. The molecule has 0 bridgehead atoms. The first kappa shape index (κ1) is 16.4. The minimum Gasteiger partial charge on any atom is -0.548 e. The third-order valence-electron chi connectivity index (χ3n) is 4.31. The smallest absolute Gasteiger partial charge is 0.241 e. The van der Waals surface area contributed by atoms with Crippen molar-refractivity contribution in [2.45, 2.75) is 59.2 Å². The van der Waals surface area contributed by atoms with Gasteiger partial charge in [-0.25, -0.2) is 0 Å². The first-order valence-electron chi connectivity index (χ1n) is 8.26. The summed E-state index contributed by atoms with van der Waals surface area (Å²) in [7, 11) is -1.48. The zero-order valence-electron chi connectivity index (χ0n) is 14.2. The van der Waals surface area contributed by atoms with Crippen molar-refractivity contribution in [3.05, 3.63) is 36.0 Å². The third kappa shape index (κ3) is 5.06. The monoisotopic (exact) mass is 306 g/mol. The Labute approximate surface area is 130 Å². The molecule has 1 aliphatic carbocycles. The molecule has 2 rings (SSSR count). The van der Waals surface area contributed by atoms with Gasteiger partial charge in [0, 0.05) is 6.42 Å². The molecule has 21 heavy (non-hydrogen) atoms. The van der Waals surface area contributed by atoms with Crippen LogP contribution >= 0.6 is 0 Å². The summed E-state index contributed by atoms with van der Waals surface area (Å²) in [5.41, 5.74) is 1.31. The summed E-state index contributed by atoms with van der Waals surface area (Å²) in [6, 6.07) is 2.08. The van der Waals surface area contributed by atoms with Gasteiger partial charge in [-0.2, -0.15) is 0 Å². The van der Waals surface area contributed by atoms with E-state index in [2.05, 4.69) is 45.6 Å². The van der Waals surface area contributed by atoms with E-state index in [1.54, 1.807) is 6.26 Å². The fraction of sp³-hybridized carbons (Fsp3) is 0.667. The van der Waals surface area contributed by atoms with Gasteiger partial charge >= 0.3 is 0 Å². The average Bonchev–Trinajstić information content (AvgIpc) is 2.87. The number of rotatable bonds is 6. The first-order chi connectivity index (χ1) is 9.85. The Bertz CT molecular complexity index is 454. The summed E-state index contributed by atoms with van der Waals surface area (Å²) < 4.78 is 11.4. The van der Waals surface area contributed by atoms with Crippen LogP contribution in [0.25, 0.3) is 0 Å². The highest BCUT2D eigenvalue weighted by Crippen LogP contribution is 2.37. The number of allylic oxidation sites excluding steroid dienone is 2. The fourth-order valence-corrected chi connectivity index (χ4v) is 4.30. The Kier molecular flexibility index (Phi) is 5.36. The Balaban J connectivity index is 2.04. The van der Waals surface area contributed by atoms with Crippen LogP contribution in [0.3, 0.4) is 0 Å². The van der Waals surface area contributed by atoms with E-state index in [0.717, 1.165) is 24.7 Å². The number of furan rings is 1. The molecule has 2 atom stereocenters. The second-order valence-electron chi connectivity index (χ2n) is 7.63.